The average molecular weight is 227 g/mol. The maximum Gasteiger partial charge on any atom is 0.0431 e. The fraction of sp³-hybridized carbons (Fsp3) is 1.00. The highest BCUT2D eigenvalue weighted by atomic mass is 16.2. The molecule has 1 aliphatic rings. The number of aliphatic hydroxyl groups is 1. The zero-order valence-electron chi connectivity index (χ0n) is 10.9. The lowest BCUT2D eigenvalue weighted by Crippen LogP contribution is -2.21. The molecule has 0 heterocycles. The van der Waals surface area contributed by atoms with E-state index in [1.165, 1.54) is 45.1 Å². The van der Waals surface area contributed by atoms with E-state index in [-0.39, 0.29) is 0 Å². The molecule has 0 radical (unpaired) electrons. The van der Waals surface area contributed by atoms with E-state index in [0.29, 0.717) is 6.61 Å². The van der Waals surface area contributed by atoms with E-state index in [4.69, 9.17) is 5.11 Å². The predicted molar refractivity (Wildman–Crippen MR) is 69.5 cm³/mol. The van der Waals surface area contributed by atoms with Crippen molar-refractivity contribution < 1.29 is 5.11 Å². The summed E-state index contributed by atoms with van der Waals surface area (Å²) in [4.78, 5) is 0. The van der Waals surface area contributed by atoms with Crippen LogP contribution in [0.4, 0.5) is 0 Å². The second-order valence-corrected chi connectivity index (χ2v) is 5.45. The predicted octanol–water partition coefficient (Wildman–Crippen LogP) is 2.96. The van der Waals surface area contributed by atoms with Gasteiger partial charge in [0.05, 0.1) is 0 Å². The van der Waals surface area contributed by atoms with E-state index >= 15 is 0 Å². The van der Waals surface area contributed by atoms with Gasteiger partial charge in [-0.15, -0.1) is 0 Å². The van der Waals surface area contributed by atoms with Crippen molar-refractivity contribution in [2.45, 2.75) is 58.3 Å². The summed E-state index contributed by atoms with van der Waals surface area (Å²) in [6, 6.07) is 0. The first kappa shape index (κ1) is 14.0. The average Bonchev–Trinajstić information content (AvgIpc) is 2.30. The van der Waals surface area contributed by atoms with Crippen molar-refractivity contribution in [1.29, 1.82) is 0 Å². The lowest BCUT2D eigenvalue weighted by atomic mass is 9.81. The van der Waals surface area contributed by atoms with Crippen molar-refractivity contribution in [2.75, 3.05) is 19.7 Å². The molecule has 1 rings (SSSR count). The summed E-state index contributed by atoms with van der Waals surface area (Å²) in [5.74, 6) is 1.96. The molecule has 0 aromatic carbocycles. The third-order valence-corrected chi connectivity index (χ3v) is 3.88. The SMILES string of the molecule is CC1CCC(CCNCCCCCO)CC1. The molecular weight excluding hydrogens is 198 g/mol. The molecule has 0 unspecified atom stereocenters. The van der Waals surface area contributed by atoms with E-state index in [1.807, 2.05) is 0 Å². The fourth-order valence-electron chi connectivity index (χ4n) is 2.59. The van der Waals surface area contributed by atoms with Gasteiger partial charge in [0, 0.05) is 6.61 Å². The summed E-state index contributed by atoms with van der Waals surface area (Å²) in [6.07, 6.45) is 10.5. The first-order valence-corrected chi connectivity index (χ1v) is 7.14. The lowest BCUT2D eigenvalue weighted by molar-refractivity contribution is 0.273. The monoisotopic (exact) mass is 227 g/mol. The van der Waals surface area contributed by atoms with E-state index < -0.39 is 0 Å². The van der Waals surface area contributed by atoms with E-state index in [2.05, 4.69) is 12.2 Å². The van der Waals surface area contributed by atoms with Crippen LogP contribution in [0.1, 0.15) is 58.3 Å². The summed E-state index contributed by atoms with van der Waals surface area (Å²) in [7, 11) is 0. The molecule has 2 nitrogen and oxygen atoms in total. The van der Waals surface area contributed by atoms with Crippen LogP contribution in [0.2, 0.25) is 0 Å². The quantitative estimate of drug-likeness (QED) is 0.625. The zero-order valence-corrected chi connectivity index (χ0v) is 10.9. The Hall–Kier alpha value is -0.0800. The van der Waals surface area contributed by atoms with Crippen LogP contribution in [-0.2, 0) is 0 Å². The normalized spacial score (nSPS) is 25.9. The van der Waals surface area contributed by atoms with Crippen molar-refractivity contribution in [1.82, 2.24) is 5.32 Å². The molecule has 2 N–H and O–H groups in total. The second-order valence-electron chi connectivity index (χ2n) is 5.45. The van der Waals surface area contributed by atoms with Gasteiger partial charge in [-0.05, 0) is 50.6 Å². The third kappa shape index (κ3) is 6.49. The van der Waals surface area contributed by atoms with Gasteiger partial charge in [-0.1, -0.05) is 32.6 Å². The molecule has 16 heavy (non-hydrogen) atoms. The van der Waals surface area contributed by atoms with Gasteiger partial charge in [0.15, 0.2) is 0 Å². The van der Waals surface area contributed by atoms with Gasteiger partial charge >= 0.3 is 0 Å². The Morgan fingerprint density at radius 1 is 1.00 bits per heavy atom. The summed E-state index contributed by atoms with van der Waals surface area (Å²) in [5, 5.41) is 12.2. The zero-order chi connectivity index (χ0) is 11.6. The van der Waals surface area contributed by atoms with Crippen LogP contribution in [0.15, 0.2) is 0 Å². The van der Waals surface area contributed by atoms with Gasteiger partial charge in [0.1, 0.15) is 0 Å². The van der Waals surface area contributed by atoms with E-state index in [0.717, 1.165) is 31.2 Å². The minimum absolute atomic E-state index is 0.347. The van der Waals surface area contributed by atoms with Crippen LogP contribution in [0.5, 0.6) is 0 Å². The van der Waals surface area contributed by atoms with Crippen molar-refractivity contribution in [3.8, 4) is 0 Å². The van der Waals surface area contributed by atoms with Crippen LogP contribution in [0, 0.1) is 11.8 Å². The van der Waals surface area contributed by atoms with Gasteiger partial charge < -0.3 is 10.4 Å². The van der Waals surface area contributed by atoms with Crippen LogP contribution < -0.4 is 5.32 Å². The Morgan fingerprint density at radius 3 is 2.44 bits per heavy atom. The minimum Gasteiger partial charge on any atom is -0.396 e. The largest absolute Gasteiger partial charge is 0.396 e. The molecule has 0 aromatic heterocycles. The van der Waals surface area contributed by atoms with E-state index in [1.54, 1.807) is 0 Å². The van der Waals surface area contributed by atoms with Gasteiger partial charge in [-0.3, -0.25) is 0 Å². The Labute approximate surface area is 101 Å². The summed E-state index contributed by atoms with van der Waals surface area (Å²) in [5.41, 5.74) is 0. The first-order chi connectivity index (χ1) is 7.83. The highest BCUT2D eigenvalue weighted by molar-refractivity contribution is 4.70. The molecule has 96 valence electrons. The number of nitrogens with one attached hydrogen (secondary N) is 1. The number of unbranched alkanes of at least 4 members (excludes halogenated alkanes) is 2. The molecule has 2 heteroatoms. The molecule has 0 aliphatic heterocycles. The lowest BCUT2D eigenvalue weighted by Gasteiger charge is -2.26. The molecular formula is C14H29NO. The van der Waals surface area contributed by atoms with Crippen molar-refractivity contribution in [3.63, 3.8) is 0 Å². The number of rotatable bonds is 8. The van der Waals surface area contributed by atoms with Gasteiger partial charge in [0.2, 0.25) is 0 Å². The molecule has 1 fully saturated rings. The van der Waals surface area contributed by atoms with Crippen molar-refractivity contribution >= 4 is 0 Å². The molecule has 0 atom stereocenters. The number of aliphatic hydroxyl groups excluding tert-OH is 1. The Kier molecular flexibility index (Phi) is 7.87. The maximum absolute atomic E-state index is 8.64. The van der Waals surface area contributed by atoms with Crippen LogP contribution in [-0.4, -0.2) is 24.8 Å². The summed E-state index contributed by atoms with van der Waals surface area (Å²) < 4.78 is 0. The molecule has 0 amide bonds. The molecule has 1 saturated carbocycles. The van der Waals surface area contributed by atoms with Gasteiger partial charge in [-0.2, -0.15) is 0 Å². The number of hydrogen-bond acceptors (Lipinski definition) is 2. The summed E-state index contributed by atoms with van der Waals surface area (Å²) in [6.45, 7) is 5.05. The fourth-order valence-corrected chi connectivity index (χ4v) is 2.59. The van der Waals surface area contributed by atoms with Crippen LogP contribution in [0.3, 0.4) is 0 Å². The van der Waals surface area contributed by atoms with Gasteiger partial charge in [-0.25, -0.2) is 0 Å². The Balaban J connectivity index is 1.84. The van der Waals surface area contributed by atoms with Crippen molar-refractivity contribution in [2.24, 2.45) is 11.8 Å². The smallest absolute Gasteiger partial charge is 0.0431 e. The second kappa shape index (κ2) is 9.00. The molecule has 0 bridgehead atoms. The van der Waals surface area contributed by atoms with E-state index in [9.17, 15) is 0 Å². The summed E-state index contributed by atoms with van der Waals surface area (Å²) >= 11 is 0. The number of hydrogen-bond donors (Lipinski definition) is 2. The Morgan fingerprint density at radius 2 is 1.75 bits per heavy atom. The molecule has 0 saturated heterocycles. The topological polar surface area (TPSA) is 32.3 Å². The first-order valence-electron chi connectivity index (χ1n) is 7.14. The maximum atomic E-state index is 8.64. The molecule has 0 aromatic rings. The van der Waals surface area contributed by atoms with Crippen molar-refractivity contribution in [3.05, 3.63) is 0 Å². The standard InChI is InChI=1S/C14H29NO/c1-13-5-7-14(8-6-13)9-11-15-10-3-2-4-12-16/h13-16H,2-12H2,1H3. The highest BCUT2D eigenvalue weighted by Crippen LogP contribution is 2.29. The van der Waals surface area contributed by atoms with Crippen LogP contribution in [0.25, 0.3) is 0 Å². The Bertz CT molecular complexity index is 153. The highest BCUT2D eigenvalue weighted by Gasteiger charge is 2.17. The molecule has 0 spiro atoms. The third-order valence-electron chi connectivity index (χ3n) is 3.88. The minimum atomic E-state index is 0.347. The van der Waals surface area contributed by atoms with Gasteiger partial charge in [0.25, 0.3) is 0 Å². The van der Waals surface area contributed by atoms with Crippen LogP contribution >= 0.6 is 0 Å². The molecule has 1 aliphatic carbocycles.